The standard InChI is InChI=1S/C7H8O3/c1-9-7(8)6-4-2-3-5-10-6/h2-6H,1H3. The van der Waals surface area contributed by atoms with E-state index in [1.165, 1.54) is 13.4 Å². The fraction of sp³-hybridized carbons (Fsp3) is 0.286. The van der Waals surface area contributed by atoms with Crippen molar-refractivity contribution in [3.05, 3.63) is 24.5 Å². The summed E-state index contributed by atoms with van der Waals surface area (Å²) in [6.07, 6.45) is 5.98. The first-order valence-electron chi connectivity index (χ1n) is 2.91. The monoisotopic (exact) mass is 140 g/mol. The Balaban J connectivity index is 2.51. The maximum Gasteiger partial charge on any atom is 0.351 e. The van der Waals surface area contributed by atoms with Crippen molar-refractivity contribution in [1.82, 2.24) is 0 Å². The number of allylic oxidation sites excluding steroid dienone is 2. The molecule has 1 heterocycles. The Hall–Kier alpha value is -1.25. The SMILES string of the molecule is COC(=O)C1C=CC=CO1. The number of hydrogen-bond acceptors (Lipinski definition) is 3. The van der Waals surface area contributed by atoms with Crippen molar-refractivity contribution in [2.45, 2.75) is 6.10 Å². The van der Waals surface area contributed by atoms with Gasteiger partial charge in [0.05, 0.1) is 13.4 Å². The largest absolute Gasteiger partial charge is 0.482 e. The highest BCUT2D eigenvalue weighted by molar-refractivity contribution is 5.77. The van der Waals surface area contributed by atoms with E-state index in [1.807, 2.05) is 0 Å². The Morgan fingerprint density at radius 1 is 1.60 bits per heavy atom. The third kappa shape index (κ3) is 1.37. The van der Waals surface area contributed by atoms with Crippen LogP contribution in [0.15, 0.2) is 24.5 Å². The maximum absolute atomic E-state index is 10.7. The van der Waals surface area contributed by atoms with Gasteiger partial charge in [-0.1, -0.05) is 6.08 Å². The van der Waals surface area contributed by atoms with E-state index in [-0.39, 0.29) is 5.97 Å². The summed E-state index contributed by atoms with van der Waals surface area (Å²) in [5.41, 5.74) is 0. The number of methoxy groups -OCH3 is 1. The lowest BCUT2D eigenvalue weighted by atomic mass is 10.3. The third-order valence-electron chi connectivity index (χ3n) is 1.13. The van der Waals surface area contributed by atoms with E-state index < -0.39 is 6.10 Å². The summed E-state index contributed by atoms with van der Waals surface area (Å²) in [6, 6.07) is 0. The van der Waals surface area contributed by atoms with E-state index in [2.05, 4.69) is 4.74 Å². The Bertz CT molecular complexity index is 181. The Morgan fingerprint density at radius 2 is 2.40 bits per heavy atom. The molecule has 1 aliphatic heterocycles. The molecule has 1 atom stereocenters. The first-order valence-corrected chi connectivity index (χ1v) is 2.91. The van der Waals surface area contributed by atoms with Crippen molar-refractivity contribution < 1.29 is 14.3 Å². The van der Waals surface area contributed by atoms with Gasteiger partial charge in [-0.2, -0.15) is 0 Å². The molecule has 10 heavy (non-hydrogen) atoms. The van der Waals surface area contributed by atoms with E-state index in [1.54, 1.807) is 18.2 Å². The van der Waals surface area contributed by atoms with Gasteiger partial charge in [-0.3, -0.25) is 0 Å². The van der Waals surface area contributed by atoms with Crippen molar-refractivity contribution in [3.63, 3.8) is 0 Å². The topological polar surface area (TPSA) is 35.5 Å². The van der Waals surface area contributed by atoms with Crippen LogP contribution in [-0.2, 0) is 14.3 Å². The molecule has 0 bridgehead atoms. The van der Waals surface area contributed by atoms with Gasteiger partial charge in [-0.15, -0.1) is 0 Å². The van der Waals surface area contributed by atoms with Gasteiger partial charge < -0.3 is 9.47 Å². The molecule has 0 aromatic rings. The highest BCUT2D eigenvalue weighted by Crippen LogP contribution is 2.02. The van der Waals surface area contributed by atoms with Crippen LogP contribution in [0.5, 0.6) is 0 Å². The van der Waals surface area contributed by atoms with Gasteiger partial charge in [0.1, 0.15) is 0 Å². The molecule has 0 amide bonds. The quantitative estimate of drug-likeness (QED) is 0.501. The zero-order valence-electron chi connectivity index (χ0n) is 5.61. The van der Waals surface area contributed by atoms with Gasteiger partial charge in [0.25, 0.3) is 0 Å². The van der Waals surface area contributed by atoms with E-state index in [4.69, 9.17) is 4.74 Å². The van der Waals surface area contributed by atoms with Crippen molar-refractivity contribution in [1.29, 1.82) is 0 Å². The first kappa shape index (κ1) is 6.86. The molecule has 0 saturated heterocycles. The van der Waals surface area contributed by atoms with Crippen molar-refractivity contribution in [2.24, 2.45) is 0 Å². The first-order chi connectivity index (χ1) is 4.84. The van der Waals surface area contributed by atoms with Crippen LogP contribution in [-0.4, -0.2) is 19.2 Å². The fourth-order valence-corrected chi connectivity index (χ4v) is 0.636. The molecule has 0 saturated carbocycles. The molecular formula is C7H8O3. The molecule has 0 aliphatic carbocycles. The molecule has 0 radical (unpaired) electrons. The molecule has 0 fully saturated rings. The lowest BCUT2D eigenvalue weighted by Crippen LogP contribution is -2.22. The zero-order valence-corrected chi connectivity index (χ0v) is 5.61. The molecule has 0 N–H and O–H groups in total. The molecule has 0 aromatic carbocycles. The summed E-state index contributed by atoms with van der Waals surface area (Å²) < 4.78 is 9.33. The number of esters is 1. The second-order valence-corrected chi connectivity index (χ2v) is 1.79. The summed E-state index contributed by atoms with van der Waals surface area (Å²) in [7, 11) is 1.33. The maximum atomic E-state index is 10.7. The van der Waals surface area contributed by atoms with Crippen LogP contribution in [0.1, 0.15) is 0 Å². The van der Waals surface area contributed by atoms with Gasteiger partial charge in [0, 0.05) is 0 Å². The minimum atomic E-state index is -0.560. The Labute approximate surface area is 58.9 Å². The predicted molar refractivity (Wildman–Crippen MR) is 35.2 cm³/mol. The second-order valence-electron chi connectivity index (χ2n) is 1.79. The smallest absolute Gasteiger partial charge is 0.351 e. The van der Waals surface area contributed by atoms with Crippen LogP contribution < -0.4 is 0 Å². The van der Waals surface area contributed by atoms with Crippen molar-refractivity contribution in [2.75, 3.05) is 7.11 Å². The fourth-order valence-electron chi connectivity index (χ4n) is 0.636. The molecule has 54 valence electrons. The number of ether oxygens (including phenoxy) is 2. The molecule has 1 aliphatic rings. The number of hydrogen-bond donors (Lipinski definition) is 0. The minimum absolute atomic E-state index is 0.374. The number of rotatable bonds is 1. The lowest BCUT2D eigenvalue weighted by molar-refractivity contribution is -0.148. The van der Waals surface area contributed by atoms with E-state index in [0.29, 0.717) is 0 Å². The van der Waals surface area contributed by atoms with Gasteiger partial charge in [0.2, 0.25) is 6.10 Å². The molecular weight excluding hydrogens is 132 g/mol. The molecule has 1 unspecified atom stereocenters. The van der Waals surface area contributed by atoms with E-state index in [0.717, 1.165) is 0 Å². The van der Waals surface area contributed by atoms with Crippen molar-refractivity contribution in [3.8, 4) is 0 Å². The van der Waals surface area contributed by atoms with Gasteiger partial charge in [-0.05, 0) is 12.2 Å². The molecule has 3 nitrogen and oxygen atoms in total. The van der Waals surface area contributed by atoms with Crippen LogP contribution in [0.2, 0.25) is 0 Å². The highest BCUT2D eigenvalue weighted by atomic mass is 16.6. The van der Waals surface area contributed by atoms with E-state index >= 15 is 0 Å². The molecule has 0 aromatic heterocycles. The van der Waals surface area contributed by atoms with Crippen LogP contribution in [0.25, 0.3) is 0 Å². The summed E-state index contributed by atoms with van der Waals surface area (Å²) >= 11 is 0. The summed E-state index contributed by atoms with van der Waals surface area (Å²) in [5, 5.41) is 0. The van der Waals surface area contributed by atoms with Crippen LogP contribution in [0, 0.1) is 0 Å². The lowest BCUT2D eigenvalue weighted by Gasteiger charge is -2.11. The normalized spacial score (nSPS) is 21.9. The third-order valence-corrected chi connectivity index (χ3v) is 1.13. The molecule has 1 rings (SSSR count). The van der Waals surface area contributed by atoms with Crippen LogP contribution >= 0.6 is 0 Å². The minimum Gasteiger partial charge on any atom is -0.482 e. The second kappa shape index (κ2) is 3.06. The number of carbonyl (C=O) groups is 1. The predicted octanol–water partition coefficient (Wildman–Crippen LogP) is 0.628. The summed E-state index contributed by atoms with van der Waals surface area (Å²) in [6.45, 7) is 0. The van der Waals surface area contributed by atoms with Crippen LogP contribution in [0.3, 0.4) is 0 Å². The number of carbonyl (C=O) groups excluding carboxylic acids is 1. The van der Waals surface area contributed by atoms with Gasteiger partial charge in [0.15, 0.2) is 0 Å². The van der Waals surface area contributed by atoms with Crippen molar-refractivity contribution >= 4 is 5.97 Å². The average Bonchev–Trinajstić information content (AvgIpc) is 2.05. The van der Waals surface area contributed by atoms with Gasteiger partial charge in [-0.25, -0.2) is 4.79 Å². The summed E-state index contributed by atoms with van der Waals surface area (Å²) in [4.78, 5) is 10.7. The molecule has 0 spiro atoms. The molecule has 3 heteroatoms. The Morgan fingerprint density at radius 3 is 2.90 bits per heavy atom. The van der Waals surface area contributed by atoms with E-state index in [9.17, 15) is 4.79 Å². The van der Waals surface area contributed by atoms with Gasteiger partial charge >= 0.3 is 5.97 Å². The average molecular weight is 140 g/mol. The summed E-state index contributed by atoms with van der Waals surface area (Å²) in [5.74, 6) is -0.374. The Kier molecular flexibility index (Phi) is 2.10. The zero-order chi connectivity index (χ0) is 7.40. The van der Waals surface area contributed by atoms with Crippen LogP contribution in [0.4, 0.5) is 0 Å². The highest BCUT2D eigenvalue weighted by Gasteiger charge is 2.16.